The van der Waals surface area contributed by atoms with Gasteiger partial charge in [-0.25, -0.2) is 4.98 Å². The first-order valence-corrected chi connectivity index (χ1v) is 5.44. The summed E-state index contributed by atoms with van der Waals surface area (Å²) in [5, 5.41) is 3.28. The van der Waals surface area contributed by atoms with Gasteiger partial charge in [-0.15, -0.1) is 0 Å². The summed E-state index contributed by atoms with van der Waals surface area (Å²) in [4.78, 5) is 8.45. The molecule has 0 aromatic carbocycles. The predicted octanol–water partition coefficient (Wildman–Crippen LogP) is 0.754. The normalized spacial score (nSPS) is 21.4. The molecule has 5 nitrogen and oxygen atoms in total. The van der Waals surface area contributed by atoms with Crippen molar-refractivity contribution in [1.29, 1.82) is 0 Å². The van der Waals surface area contributed by atoms with Crippen molar-refractivity contribution in [3.05, 3.63) is 24.2 Å². The van der Waals surface area contributed by atoms with Crippen molar-refractivity contribution >= 4 is 11.2 Å². The number of aromatic nitrogens is 2. The van der Waals surface area contributed by atoms with Gasteiger partial charge < -0.3 is 14.5 Å². The number of fused-ring (bicyclic) bond motifs is 1. The van der Waals surface area contributed by atoms with E-state index in [1.54, 1.807) is 6.20 Å². The lowest BCUT2D eigenvalue weighted by atomic mass is 10.2. The molecule has 3 heterocycles. The third kappa shape index (κ3) is 1.91. The molecule has 5 heteroatoms. The topological polar surface area (TPSA) is 60.2 Å². The average Bonchev–Trinajstić information content (AvgIpc) is 2.72. The molecule has 0 radical (unpaired) electrons. The van der Waals surface area contributed by atoms with Gasteiger partial charge in [0.25, 0.3) is 0 Å². The van der Waals surface area contributed by atoms with E-state index in [0.717, 1.165) is 25.3 Å². The highest BCUT2D eigenvalue weighted by Gasteiger charge is 2.17. The summed E-state index contributed by atoms with van der Waals surface area (Å²) in [6.45, 7) is 2.53. The van der Waals surface area contributed by atoms with Crippen LogP contribution in [0.1, 0.15) is 5.89 Å². The SMILES string of the molecule is c1cnc2nc(CC3CNCCO3)oc2c1. The second-order valence-corrected chi connectivity index (χ2v) is 3.83. The van der Waals surface area contributed by atoms with Gasteiger partial charge in [0.15, 0.2) is 17.1 Å². The number of pyridine rings is 1. The number of ether oxygens (including phenoxy) is 1. The minimum atomic E-state index is 0.154. The van der Waals surface area contributed by atoms with E-state index in [1.165, 1.54) is 0 Å². The Balaban J connectivity index is 1.78. The molecule has 1 aliphatic heterocycles. The highest BCUT2D eigenvalue weighted by atomic mass is 16.5. The minimum absolute atomic E-state index is 0.154. The van der Waals surface area contributed by atoms with Crippen molar-refractivity contribution in [2.45, 2.75) is 12.5 Å². The van der Waals surface area contributed by atoms with Crippen molar-refractivity contribution < 1.29 is 9.15 Å². The maximum Gasteiger partial charge on any atom is 0.199 e. The number of rotatable bonds is 2. The van der Waals surface area contributed by atoms with Crippen LogP contribution in [0.15, 0.2) is 22.7 Å². The zero-order valence-electron chi connectivity index (χ0n) is 8.85. The van der Waals surface area contributed by atoms with Crippen LogP contribution in [0.3, 0.4) is 0 Å². The van der Waals surface area contributed by atoms with Crippen molar-refractivity contribution in [2.24, 2.45) is 0 Å². The molecule has 84 valence electrons. The van der Waals surface area contributed by atoms with E-state index in [2.05, 4.69) is 15.3 Å². The van der Waals surface area contributed by atoms with E-state index in [1.807, 2.05) is 12.1 Å². The van der Waals surface area contributed by atoms with E-state index in [-0.39, 0.29) is 6.10 Å². The van der Waals surface area contributed by atoms with E-state index in [9.17, 15) is 0 Å². The molecule has 3 rings (SSSR count). The van der Waals surface area contributed by atoms with E-state index >= 15 is 0 Å². The molecule has 1 unspecified atom stereocenters. The number of oxazole rings is 1. The third-order valence-electron chi connectivity index (χ3n) is 2.62. The molecule has 0 aliphatic carbocycles. The Hall–Kier alpha value is -1.46. The summed E-state index contributed by atoms with van der Waals surface area (Å²) >= 11 is 0. The lowest BCUT2D eigenvalue weighted by Crippen LogP contribution is -2.39. The Labute approximate surface area is 92.8 Å². The fraction of sp³-hybridized carbons (Fsp3) is 0.455. The van der Waals surface area contributed by atoms with Crippen molar-refractivity contribution in [3.63, 3.8) is 0 Å². The van der Waals surface area contributed by atoms with Crippen LogP contribution in [0.25, 0.3) is 11.2 Å². The van der Waals surface area contributed by atoms with Gasteiger partial charge in [-0.3, -0.25) is 0 Å². The molecule has 0 spiro atoms. The highest BCUT2D eigenvalue weighted by molar-refractivity contribution is 5.66. The Morgan fingerprint density at radius 1 is 1.50 bits per heavy atom. The largest absolute Gasteiger partial charge is 0.439 e. The van der Waals surface area contributed by atoms with Crippen LogP contribution in [0.5, 0.6) is 0 Å². The van der Waals surface area contributed by atoms with Gasteiger partial charge in [0.2, 0.25) is 0 Å². The van der Waals surface area contributed by atoms with Gasteiger partial charge in [-0.1, -0.05) is 0 Å². The number of morpholine rings is 1. The summed E-state index contributed by atoms with van der Waals surface area (Å²) in [6.07, 6.45) is 2.57. The molecule has 1 aliphatic rings. The van der Waals surface area contributed by atoms with Crippen LogP contribution < -0.4 is 5.32 Å². The molecule has 0 saturated carbocycles. The Morgan fingerprint density at radius 2 is 2.50 bits per heavy atom. The molecule has 2 aromatic rings. The van der Waals surface area contributed by atoms with Crippen LogP contribution in [0.2, 0.25) is 0 Å². The predicted molar refractivity (Wildman–Crippen MR) is 58.1 cm³/mol. The molecule has 1 N–H and O–H groups in total. The van der Waals surface area contributed by atoms with E-state index < -0.39 is 0 Å². The summed E-state index contributed by atoms with van der Waals surface area (Å²) < 4.78 is 11.2. The van der Waals surface area contributed by atoms with Crippen molar-refractivity contribution in [2.75, 3.05) is 19.7 Å². The number of nitrogens with one attached hydrogen (secondary N) is 1. The van der Waals surface area contributed by atoms with E-state index in [4.69, 9.17) is 9.15 Å². The van der Waals surface area contributed by atoms with Gasteiger partial charge in [-0.05, 0) is 12.1 Å². The monoisotopic (exact) mass is 219 g/mol. The molecule has 0 amide bonds. The lowest BCUT2D eigenvalue weighted by Gasteiger charge is -2.22. The molecule has 0 bridgehead atoms. The van der Waals surface area contributed by atoms with Gasteiger partial charge in [-0.2, -0.15) is 4.98 Å². The maximum atomic E-state index is 5.59. The molecule has 1 saturated heterocycles. The Morgan fingerprint density at radius 3 is 3.31 bits per heavy atom. The molecular formula is C11H13N3O2. The minimum Gasteiger partial charge on any atom is -0.439 e. The smallest absolute Gasteiger partial charge is 0.199 e. The van der Waals surface area contributed by atoms with Gasteiger partial charge in [0.1, 0.15) is 0 Å². The molecular weight excluding hydrogens is 206 g/mol. The first kappa shape index (κ1) is 9.74. The summed E-state index contributed by atoms with van der Waals surface area (Å²) in [5.41, 5.74) is 1.41. The first-order valence-electron chi connectivity index (χ1n) is 5.44. The fourth-order valence-electron chi connectivity index (χ4n) is 1.85. The molecule has 1 atom stereocenters. The molecule has 2 aromatic heterocycles. The van der Waals surface area contributed by atoms with Gasteiger partial charge in [0, 0.05) is 19.3 Å². The Kier molecular flexibility index (Phi) is 2.55. The number of hydrogen-bond acceptors (Lipinski definition) is 5. The second kappa shape index (κ2) is 4.19. The molecule has 1 fully saturated rings. The number of hydrogen-bond donors (Lipinski definition) is 1. The second-order valence-electron chi connectivity index (χ2n) is 3.83. The van der Waals surface area contributed by atoms with Crippen LogP contribution in [0, 0.1) is 0 Å². The van der Waals surface area contributed by atoms with Crippen molar-refractivity contribution in [3.8, 4) is 0 Å². The van der Waals surface area contributed by atoms with E-state index in [0.29, 0.717) is 18.0 Å². The van der Waals surface area contributed by atoms with Gasteiger partial charge >= 0.3 is 0 Å². The van der Waals surface area contributed by atoms with Crippen LogP contribution >= 0.6 is 0 Å². The van der Waals surface area contributed by atoms with Crippen LogP contribution in [0.4, 0.5) is 0 Å². The summed E-state index contributed by atoms with van der Waals surface area (Å²) in [6, 6.07) is 3.72. The zero-order valence-corrected chi connectivity index (χ0v) is 8.85. The molecule has 16 heavy (non-hydrogen) atoms. The summed E-state index contributed by atoms with van der Waals surface area (Å²) in [7, 11) is 0. The first-order chi connectivity index (χ1) is 7.92. The fourth-order valence-corrected chi connectivity index (χ4v) is 1.85. The quantitative estimate of drug-likeness (QED) is 0.807. The maximum absolute atomic E-state index is 5.59. The van der Waals surface area contributed by atoms with Crippen molar-refractivity contribution in [1.82, 2.24) is 15.3 Å². The van der Waals surface area contributed by atoms with Crippen LogP contribution in [-0.2, 0) is 11.2 Å². The summed E-state index contributed by atoms with van der Waals surface area (Å²) in [5.74, 6) is 0.697. The third-order valence-corrected chi connectivity index (χ3v) is 2.62. The van der Waals surface area contributed by atoms with Gasteiger partial charge in [0.05, 0.1) is 19.1 Å². The average molecular weight is 219 g/mol. The lowest BCUT2D eigenvalue weighted by molar-refractivity contribution is 0.0257. The Bertz CT molecular complexity index is 444. The zero-order chi connectivity index (χ0) is 10.8. The standard InChI is InChI=1S/C11H13N3O2/c1-2-9-11(13-3-1)14-10(16-9)6-8-7-12-4-5-15-8/h1-3,8,12H,4-7H2. The number of nitrogens with zero attached hydrogens (tertiary/aromatic N) is 2. The van der Waals surface area contributed by atoms with Crippen LogP contribution in [-0.4, -0.2) is 35.8 Å². The highest BCUT2D eigenvalue weighted by Crippen LogP contribution is 2.14.